The van der Waals surface area contributed by atoms with E-state index < -0.39 is 11.9 Å². The molecule has 178 valence electrons. The topological polar surface area (TPSA) is 69.4 Å². The highest BCUT2D eigenvalue weighted by atomic mass is 32.2. The van der Waals surface area contributed by atoms with Crippen LogP contribution in [0.3, 0.4) is 0 Å². The van der Waals surface area contributed by atoms with E-state index in [4.69, 9.17) is 10.5 Å². The fraction of sp³-hybridized carbons (Fsp3) is 0.286. The Hall–Kier alpha value is -3.12. The van der Waals surface area contributed by atoms with Crippen LogP contribution in [0.5, 0.6) is 0 Å². The van der Waals surface area contributed by atoms with Gasteiger partial charge in [-0.25, -0.2) is 4.39 Å². The normalized spacial score (nSPS) is 11.7. The fourth-order valence-corrected chi connectivity index (χ4v) is 4.26. The van der Waals surface area contributed by atoms with Gasteiger partial charge in [0, 0.05) is 21.8 Å². The molecular formula is C28H30FNO3S. The summed E-state index contributed by atoms with van der Waals surface area (Å²) in [6.07, 6.45) is 1.71. The molecule has 2 N–H and O–H groups in total. The second kappa shape index (κ2) is 12.4. The molecule has 3 rings (SSSR count). The molecular weight excluding hydrogens is 449 g/mol. The number of carbonyl (C=O) groups excluding carboxylic acids is 2. The van der Waals surface area contributed by atoms with Gasteiger partial charge in [0.05, 0.1) is 13.0 Å². The van der Waals surface area contributed by atoms with Gasteiger partial charge >= 0.3 is 5.97 Å². The molecule has 3 aromatic rings. The highest BCUT2D eigenvalue weighted by Gasteiger charge is 2.11. The molecule has 0 aliphatic carbocycles. The third-order valence-electron chi connectivity index (χ3n) is 5.49. The van der Waals surface area contributed by atoms with Gasteiger partial charge in [-0.1, -0.05) is 66.7 Å². The smallest absolute Gasteiger partial charge is 0.306 e. The lowest BCUT2D eigenvalue weighted by Gasteiger charge is -2.12. The largest absolute Gasteiger partial charge is 0.465 e. The molecule has 0 saturated heterocycles. The van der Waals surface area contributed by atoms with Crippen molar-refractivity contribution in [3.63, 3.8) is 0 Å². The first-order chi connectivity index (χ1) is 16.3. The molecule has 3 aromatic carbocycles. The average molecular weight is 480 g/mol. The number of carbonyl (C=O) groups is 2. The fourth-order valence-electron chi connectivity index (χ4n) is 3.42. The van der Waals surface area contributed by atoms with Crippen LogP contribution in [0.25, 0.3) is 11.1 Å². The summed E-state index contributed by atoms with van der Waals surface area (Å²) in [6, 6.07) is 21.4. The minimum absolute atomic E-state index is 0.00840. The molecule has 1 amide bonds. The first-order valence-electron chi connectivity index (χ1n) is 11.4. The molecule has 0 aliphatic rings. The summed E-state index contributed by atoms with van der Waals surface area (Å²) in [5.74, 6) is -0.962. The monoisotopic (exact) mass is 479 g/mol. The van der Waals surface area contributed by atoms with Crippen LogP contribution in [0.15, 0.2) is 76.5 Å². The zero-order valence-electron chi connectivity index (χ0n) is 19.6. The van der Waals surface area contributed by atoms with E-state index in [9.17, 15) is 14.0 Å². The van der Waals surface area contributed by atoms with Gasteiger partial charge in [-0.05, 0) is 61.1 Å². The summed E-state index contributed by atoms with van der Waals surface area (Å²) in [4.78, 5) is 24.3. The number of aryl methyl sites for hydroxylation is 2. The summed E-state index contributed by atoms with van der Waals surface area (Å²) in [5, 5.41) is 0. The molecule has 0 aliphatic heterocycles. The second-order valence-electron chi connectivity index (χ2n) is 8.55. The Balaban J connectivity index is 1.51. The molecule has 1 unspecified atom stereocenters. The van der Waals surface area contributed by atoms with E-state index in [0.717, 1.165) is 33.8 Å². The van der Waals surface area contributed by atoms with Gasteiger partial charge < -0.3 is 10.5 Å². The van der Waals surface area contributed by atoms with Gasteiger partial charge in [-0.3, -0.25) is 9.59 Å². The van der Waals surface area contributed by atoms with Crippen molar-refractivity contribution in [2.75, 3.05) is 6.61 Å². The molecule has 4 nitrogen and oxygen atoms in total. The lowest BCUT2D eigenvalue weighted by molar-refractivity contribution is -0.146. The van der Waals surface area contributed by atoms with Crippen LogP contribution in [0, 0.1) is 18.7 Å². The molecule has 0 radical (unpaired) electrons. The van der Waals surface area contributed by atoms with E-state index >= 15 is 0 Å². The Bertz CT molecular complexity index is 1110. The third-order valence-corrected chi connectivity index (χ3v) is 6.49. The van der Waals surface area contributed by atoms with Crippen molar-refractivity contribution >= 4 is 23.6 Å². The van der Waals surface area contributed by atoms with Crippen molar-refractivity contribution < 1.29 is 18.7 Å². The van der Waals surface area contributed by atoms with Crippen LogP contribution in [-0.4, -0.2) is 18.5 Å². The van der Waals surface area contributed by atoms with Gasteiger partial charge in [0.25, 0.3) is 0 Å². The minimum Gasteiger partial charge on any atom is -0.465 e. The molecule has 1 atom stereocenters. The van der Waals surface area contributed by atoms with E-state index in [0.29, 0.717) is 12.2 Å². The molecule has 6 heteroatoms. The maximum atomic E-state index is 14.8. The van der Waals surface area contributed by atoms with Crippen molar-refractivity contribution in [1.29, 1.82) is 0 Å². The average Bonchev–Trinajstić information content (AvgIpc) is 2.82. The van der Waals surface area contributed by atoms with Gasteiger partial charge in [0.1, 0.15) is 5.82 Å². The van der Waals surface area contributed by atoms with Crippen LogP contribution in [0.2, 0.25) is 0 Å². The van der Waals surface area contributed by atoms with Crippen molar-refractivity contribution in [3.05, 3.63) is 83.7 Å². The number of nitrogens with two attached hydrogens (primary N) is 1. The molecule has 0 spiro atoms. The number of primary amides is 1. The number of halogens is 1. The van der Waals surface area contributed by atoms with E-state index in [-0.39, 0.29) is 24.6 Å². The lowest BCUT2D eigenvalue weighted by Crippen LogP contribution is -2.16. The van der Waals surface area contributed by atoms with Crippen molar-refractivity contribution in [2.24, 2.45) is 11.7 Å². The number of amides is 1. The number of benzene rings is 3. The predicted molar refractivity (Wildman–Crippen MR) is 134 cm³/mol. The number of esters is 1. The summed E-state index contributed by atoms with van der Waals surface area (Å²) in [5.41, 5.74) is 8.79. The third kappa shape index (κ3) is 8.03. The standard InChI is InChI=1S/C28H30FNO3S/c1-19-4-11-23(12-5-19)34-24-13-14-25(26(29)17-24)22-9-7-21(8-10-22)6-3-20(2)18-33-28(32)16-15-27(30)31/h4-5,7-14,17,20H,3,6,15-16,18H2,1-2H3,(H2,30,31). The predicted octanol–water partition coefficient (Wildman–Crippen LogP) is 6.33. The second-order valence-corrected chi connectivity index (χ2v) is 9.69. The SMILES string of the molecule is Cc1ccc(Sc2ccc(-c3ccc(CCC(C)COC(=O)CCC(N)=O)cc3)c(F)c2)cc1. The summed E-state index contributed by atoms with van der Waals surface area (Å²) < 4.78 is 20.0. The Labute approximate surface area is 204 Å². The zero-order valence-corrected chi connectivity index (χ0v) is 20.4. The summed E-state index contributed by atoms with van der Waals surface area (Å²) in [6.45, 7) is 4.37. The highest BCUT2D eigenvalue weighted by molar-refractivity contribution is 7.99. The molecule has 34 heavy (non-hydrogen) atoms. The van der Waals surface area contributed by atoms with Crippen LogP contribution in [0.4, 0.5) is 4.39 Å². The quantitative estimate of drug-likeness (QED) is 0.326. The number of hydrogen-bond acceptors (Lipinski definition) is 4. The molecule has 0 saturated carbocycles. The van der Waals surface area contributed by atoms with Gasteiger partial charge in [0.2, 0.25) is 5.91 Å². The van der Waals surface area contributed by atoms with E-state index in [1.165, 1.54) is 5.56 Å². The summed E-state index contributed by atoms with van der Waals surface area (Å²) >= 11 is 1.54. The highest BCUT2D eigenvalue weighted by Crippen LogP contribution is 2.32. The minimum atomic E-state index is -0.509. The maximum Gasteiger partial charge on any atom is 0.306 e. The van der Waals surface area contributed by atoms with Crippen LogP contribution < -0.4 is 5.73 Å². The van der Waals surface area contributed by atoms with Crippen molar-refractivity contribution in [2.45, 2.75) is 49.3 Å². The summed E-state index contributed by atoms with van der Waals surface area (Å²) in [7, 11) is 0. The zero-order chi connectivity index (χ0) is 24.5. The van der Waals surface area contributed by atoms with E-state index in [1.54, 1.807) is 17.8 Å². The van der Waals surface area contributed by atoms with Gasteiger partial charge in [-0.15, -0.1) is 0 Å². The molecule has 0 bridgehead atoms. The Morgan fingerprint density at radius 3 is 2.29 bits per heavy atom. The molecule has 0 heterocycles. The Morgan fingerprint density at radius 1 is 0.971 bits per heavy atom. The lowest BCUT2D eigenvalue weighted by atomic mass is 9.99. The van der Waals surface area contributed by atoms with Gasteiger partial charge in [-0.2, -0.15) is 0 Å². The number of hydrogen-bond donors (Lipinski definition) is 1. The van der Waals surface area contributed by atoms with Crippen LogP contribution in [-0.2, 0) is 20.7 Å². The van der Waals surface area contributed by atoms with E-state index in [2.05, 4.69) is 12.1 Å². The van der Waals surface area contributed by atoms with Crippen molar-refractivity contribution in [3.8, 4) is 11.1 Å². The molecule has 0 aromatic heterocycles. The number of rotatable bonds is 11. The first kappa shape index (κ1) is 25.5. The van der Waals surface area contributed by atoms with Crippen LogP contribution >= 0.6 is 11.8 Å². The van der Waals surface area contributed by atoms with E-state index in [1.807, 2.05) is 62.4 Å². The molecule has 0 fully saturated rings. The van der Waals surface area contributed by atoms with Crippen molar-refractivity contribution in [1.82, 2.24) is 0 Å². The Morgan fingerprint density at radius 2 is 1.65 bits per heavy atom. The Kier molecular flexibility index (Phi) is 9.28. The van der Waals surface area contributed by atoms with Gasteiger partial charge in [0.15, 0.2) is 0 Å². The van der Waals surface area contributed by atoms with Crippen LogP contribution in [0.1, 0.15) is 37.3 Å². The first-order valence-corrected chi connectivity index (χ1v) is 12.2. The maximum absolute atomic E-state index is 14.8. The number of ether oxygens (including phenoxy) is 1.